The van der Waals surface area contributed by atoms with Gasteiger partial charge in [0.15, 0.2) is 5.82 Å². The van der Waals surface area contributed by atoms with E-state index in [1.54, 1.807) is 6.92 Å². The van der Waals surface area contributed by atoms with E-state index in [-0.39, 0.29) is 24.5 Å². The molecule has 1 N–H and O–H groups in total. The van der Waals surface area contributed by atoms with Gasteiger partial charge in [-0.1, -0.05) is 41.9 Å². The molecule has 1 aliphatic carbocycles. The lowest BCUT2D eigenvalue weighted by molar-refractivity contribution is -0.127. The van der Waals surface area contributed by atoms with Crippen LogP contribution >= 0.6 is 0 Å². The number of ether oxygens (including phenoxy) is 1. The van der Waals surface area contributed by atoms with Gasteiger partial charge in [0.2, 0.25) is 5.91 Å². The molecule has 1 aromatic heterocycles. The van der Waals surface area contributed by atoms with Gasteiger partial charge in [0, 0.05) is 6.54 Å². The van der Waals surface area contributed by atoms with E-state index >= 15 is 0 Å². The molecule has 1 aliphatic rings. The molecule has 0 saturated heterocycles. The van der Waals surface area contributed by atoms with Gasteiger partial charge < -0.3 is 14.6 Å². The van der Waals surface area contributed by atoms with Crippen LogP contribution in [-0.2, 0) is 22.6 Å². The standard InChI is InChI=1S/C18H23N3O3/c1-14-20-17(24-21-14)12-23-11-16(22)19-13-18(8-5-9-18)10-15-6-3-2-4-7-15/h2-4,6-7H,5,8-13H2,1H3,(H,19,22). The van der Waals surface area contributed by atoms with E-state index in [9.17, 15) is 4.79 Å². The molecule has 3 rings (SSSR count). The van der Waals surface area contributed by atoms with Crippen LogP contribution in [0.25, 0.3) is 0 Å². The van der Waals surface area contributed by atoms with E-state index in [1.165, 1.54) is 12.0 Å². The third kappa shape index (κ3) is 4.41. The molecule has 1 amide bonds. The van der Waals surface area contributed by atoms with Crippen molar-refractivity contribution in [3.05, 3.63) is 47.6 Å². The molecule has 2 aromatic rings. The number of hydrogen-bond acceptors (Lipinski definition) is 5. The first-order valence-corrected chi connectivity index (χ1v) is 8.33. The molecule has 0 aliphatic heterocycles. The van der Waals surface area contributed by atoms with E-state index in [4.69, 9.17) is 9.26 Å². The number of benzene rings is 1. The molecule has 0 atom stereocenters. The van der Waals surface area contributed by atoms with Crippen molar-refractivity contribution in [3.8, 4) is 0 Å². The zero-order valence-electron chi connectivity index (χ0n) is 14.0. The summed E-state index contributed by atoms with van der Waals surface area (Å²) in [6.07, 6.45) is 4.56. The number of hydrogen-bond donors (Lipinski definition) is 1. The third-order valence-electron chi connectivity index (χ3n) is 4.53. The Morgan fingerprint density at radius 2 is 2.12 bits per heavy atom. The van der Waals surface area contributed by atoms with Gasteiger partial charge >= 0.3 is 0 Å². The number of nitrogens with one attached hydrogen (secondary N) is 1. The molecular weight excluding hydrogens is 306 g/mol. The van der Waals surface area contributed by atoms with Crippen molar-refractivity contribution in [2.45, 2.75) is 39.2 Å². The lowest BCUT2D eigenvalue weighted by atomic mass is 9.65. The molecule has 24 heavy (non-hydrogen) atoms. The normalized spacial score (nSPS) is 15.7. The molecule has 0 radical (unpaired) electrons. The van der Waals surface area contributed by atoms with Crippen LogP contribution in [0.5, 0.6) is 0 Å². The van der Waals surface area contributed by atoms with Crippen molar-refractivity contribution in [2.75, 3.05) is 13.2 Å². The highest BCUT2D eigenvalue weighted by molar-refractivity contribution is 5.77. The van der Waals surface area contributed by atoms with Crippen LogP contribution in [0.2, 0.25) is 0 Å². The summed E-state index contributed by atoms with van der Waals surface area (Å²) in [7, 11) is 0. The average Bonchev–Trinajstić information content (AvgIpc) is 2.96. The zero-order chi connectivity index (χ0) is 16.8. The van der Waals surface area contributed by atoms with E-state index in [0.29, 0.717) is 18.3 Å². The number of aryl methyl sites for hydroxylation is 1. The number of carbonyl (C=O) groups excluding carboxylic acids is 1. The molecule has 6 heteroatoms. The SMILES string of the molecule is Cc1noc(COCC(=O)NCC2(Cc3ccccc3)CCC2)n1. The topological polar surface area (TPSA) is 77.2 Å². The smallest absolute Gasteiger partial charge is 0.252 e. The van der Waals surface area contributed by atoms with Gasteiger partial charge in [0.25, 0.3) is 5.89 Å². The first-order chi connectivity index (χ1) is 11.7. The lowest BCUT2D eigenvalue weighted by Crippen LogP contribution is -2.44. The highest BCUT2D eigenvalue weighted by Crippen LogP contribution is 2.43. The second kappa shape index (κ2) is 7.57. The molecular formula is C18H23N3O3. The highest BCUT2D eigenvalue weighted by atomic mass is 16.5. The van der Waals surface area contributed by atoms with Crippen molar-refractivity contribution in [3.63, 3.8) is 0 Å². The van der Waals surface area contributed by atoms with Crippen LogP contribution < -0.4 is 5.32 Å². The van der Waals surface area contributed by atoms with Gasteiger partial charge in [-0.05, 0) is 37.2 Å². The fourth-order valence-corrected chi connectivity index (χ4v) is 3.09. The summed E-state index contributed by atoms with van der Waals surface area (Å²) in [5.41, 5.74) is 1.52. The monoisotopic (exact) mass is 329 g/mol. The van der Waals surface area contributed by atoms with Gasteiger partial charge in [0.1, 0.15) is 13.2 Å². The zero-order valence-corrected chi connectivity index (χ0v) is 14.0. The van der Waals surface area contributed by atoms with E-state index < -0.39 is 0 Å². The Labute approximate surface area is 141 Å². The van der Waals surface area contributed by atoms with E-state index in [2.05, 4.69) is 39.7 Å². The van der Waals surface area contributed by atoms with Gasteiger partial charge in [-0.25, -0.2) is 0 Å². The Hall–Kier alpha value is -2.21. The Kier molecular flexibility index (Phi) is 5.25. The predicted octanol–water partition coefficient (Wildman–Crippen LogP) is 2.42. The Balaban J connectivity index is 1.41. The van der Waals surface area contributed by atoms with Crippen LogP contribution in [0.3, 0.4) is 0 Å². The minimum Gasteiger partial charge on any atom is -0.362 e. The summed E-state index contributed by atoms with van der Waals surface area (Å²) in [4.78, 5) is 16.0. The number of nitrogens with zero attached hydrogens (tertiary/aromatic N) is 2. The number of carbonyl (C=O) groups is 1. The summed E-state index contributed by atoms with van der Waals surface area (Å²) < 4.78 is 10.3. The van der Waals surface area contributed by atoms with Crippen molar-refractivity contribution in [1.82, 2.24) is 15.5 Å². The molecule has 1 fully saturated rings. The van der Waals surface area contributed by atoms with E-state index in [0.717, 1.165) is 19.3 Å². The molecule has 6 nitrogen and oxygen atoms in total. The summed E-state index contributed by atoms with van der Waals surface area (Å²) in [6, 6.07) is 10.5. The maximum Gasteiger partial charge on any atom is 0.252 e. The quantitative estimate of drug-likeness (QED) is 0.805. The second-order valence-electron chi connectivity index (χ2n) is 6.52. The van der Waals surface area contributed by atoms with E-state index in [1.807, 2.05) is 6.07 Å². The third-order valence-corrected chi connectivity index (χ3v) is 4.53. The minimum atomic E-state index is -0.106. The summed E-state index contributed by atoms with van der Waals surface area (Å²) >= 11 is 0. The predicted molar refractivity (Wildman–Crippen MR) is 88.1 cm³/mol. The average molecular weight is 329 g/mol. The van der Waals surface area contributed by atoms with Crippen molar-refractivity contribution in [1.29, 1.82) is 0 Å². The van der Waals surface area contributed by atoms with Crippen molar-refractivity contribution in [2.24, 2.45) is 5.41 Å². The van der Waals surface area contributed by atoms with Gasteiger partial charge in [-0.2, -0.15) is 4.98 Å². The van der Waals surface area contributed by atoms with Gasteiger partial charge in [-0.15, -0.1) is 0 Å². The summed E-state index contributed by atoms with van der Waals surface area (Å²) in [5.74, 6) is 0.844. The number of aromatic nitrogens is 2. The van der Waals surface area contributed by atoms with Crippen LogP contribution in [0.15, 0.2) is 34.9 Å². The maximum atomic E-state index is 12.0. The fourth-order valence-electron chi connectivity index (χ4n) is 3.09. The van der Waals surface area contributed by atoms with Crippen LogP contribution in [0.1, 0.15) is 36.5 Å². The lowest BCUT2D eigenvalue weighted by Gasteiger charge is -2.42. The maximum absolute atomic E-state index is 12.0. The summed E-state index contributed by atoms with van der Waals surface area (Å²) in [6.45, 7) is 2.60. The van der Waals surface area contributed by atoms with Crippen molar-refractivity contribution >= 4 is 5.91 Å². The highest BCUT2D eigenvalue weighted by Gasteiger charge is 2.37. The van der Waals surface area contributed by atoms with Crippen LogP contribution in [-0.4, -0.2) is 29.2 Å². The Bertz CT molecular complexity index is 665. The fraction of sp³-hybridized carbons (Fsp3) is 0.500. The molecule has 0 bridgehead atoms. The van der Waals surface area contributed by atoms with Crippen molar-refractivity contribution < 1.29 is 14.1 Å². The van der Waals surface area contributed by atoms with Crippen LogP contribution in [0, 0.1) is 12.3 Å². The van der Waals surface area contributed by atoms with Gasteiger partial charge in [0.05, 0.1) is 0 Å². The molecule has 1 aromatic carbocycles. The molecule has 1 heterocycles. The Morgan fingerprint density at radius 1 is 1.33 bits per heavy atom. The minimum absolute atomic E-state index is 0.00282. The molecule has 1 saturated carbocycles. The van der Waals surface area contributed by atoms with Crippen LogP contribution in [0.4, 0.5) is 0 Å². The first-order valence-electron chi connectivity index (χ1n) is 8.33. The number of amides is 1. The molecule has 0 unspecified atom stereocenters. The second-order valence-corrected chi connectivity index (χ2v) is 6.52. The largest absolute Gasteiger partial charge is 0.362 e. The first kappa shape index (κ1) is 16.6. The molecule has 0 spiro atoms. The van der Waals surface area contributed by atoms with Gasteiger partial charge in [-0.3, -0.25) is 4.79 Å². The molecule has 128 valence electrons. The number of rotatable bonds is 8. The summed E-state index contributed by atoms with van der Waals surface area (Å²) in [5, 5.41) is 6.68. The Morgan fingerprint density at radius 3 is 2.75 bits per heavy atom.